The Balaban J connectivity index is 2.04. The van der Waals surface area contributed by atoms with E-state index in [-0.39, 0.29) is 0 Å². The summed E-state index contributed by atoms with van der Waals surface area (Å²) in [5, 5.41) is 4.62. The maximum Gasteiger partial charge on any atom is 0.0472 e. The third-order valence-corrected chi connectivity index (χ3v) is 5.39. The molecule has 0 unspecified atom stereocenters. The highest BCUT2D eigenvalue weighted by Crippen LogP contribution is 2.49. The van der Waals surface area contributed by atoms with E-state index in [0.29, 0.717) is 11.3 Å². The minimum absolute atomic E-state index is 0.447. The van der Waals surface area contributed by atoms with Gasteiger partial charge < -0.3 is 5.32 Å². The zero-order valence-electron chi connectivity index (χ0n) is 11.4. The van der Waals surface area contributed by atoms with E-state index < -0.39 is 0 Å². The fraction of sp³-hybridized carbons (Fsp3) is 0.625. The minimum Gasteiger partial charge on any atom is -0.316 e. The average Bonchev–Trinajstić information content (AvgIpc) is 2.75. The van der Waals surface area contributed by atoms with Crippen molar-refractivity contribution in [2.75, 3.05) is 13.1 Å². The third-order valence-electron chi connectivity index (χ3n) is 4.92. The number of hydrogen-bond donors (Lipinski definition) is 1. The van der Waals surface area contributed by atoms with Gasteiger partial charge in [-0.2, -0.15) is 0 Å². The molecule has 98 valence electrons. The van der Waals surface area contributed by atoms with E-state index in [1.54, 1.807) is 0 Å². The first-order valence-corrected chi connectivity index (χ1v) is 7.54. The molecule has 1 fully saturated rings. The van der Waals surface area contributed by atoms with Gasteiger partial charge in [-0.15, -0.1) is 0 Å². The molecule has 1 nitrogen and oxygen atoms in total. The van der Waals surface area contributed by atoms with E-state index in [1.165, 1.54) is 29.5 Å². The second kappa shape index (κ2) is 4.54. The van der Waals surface area contributed by atoms with Crippen LogP contribution in [0.25, 0.3) is 0 Å². The van der Waals surface area contributed by atoms with Crippen LogP contribution >= 0.6 is 11.6 Å². The highest BCUT2D eigenvalue weighted by atomic mass is 35.5. The van der Waals surface area contributed by atoms with Crippen molar-refractivity contribution in [2.24, 2.45) is 5.41 Å². The van der Waals surface area contributed by atoms with E-state index in [2.05, 4.69) is 31.3 Å². The Kier molecular flexibility index (Phi) is 3.15. The summed E-state index contributed by atoms with van der Waals surface area (Å²) >= 11 is 6.62. The van der Waals surface area contributed by atoms with Crippen LogP contribution in [0.1, 0.15) is 49.3 Å². The fourth-order valence-electron chi connectivity index (χ4n) is 3.76. The quantitative estimate of drug-likeness (QED) is 0.853. The highest BCUT2D eigenvalue weighted by Gasteiger charge is 2.43. The molecule has 1 N–H and O–H groups in total. The Hall–Kier alpha value is -0.530. The largest absolute Gasteiger partial charge is 0.316 e. The summed E-state index contributed by atoms with van der Waals surface area (Å²) in [4.78, 5) is 0. The van der Waals surface area contributed by atoms with Crippen molar-refractivity contribution in [3.8, 4) is 0 Å². The molecule has 0 radical (unpaired) electrons. The van der Waals surface area contributed by atoms with Crippen LogP contribution in [0, 0.1) is 5.41 Å². The molecule has 3 rings (SSSR count). The Morgan fingerprint density at radius 2 is 2.28 bits per heavy atom. The zero-order valence-corrected chi connectivity index (χ0v) is 12.1. The molecule has 2 heteroatoms. The molecule has 0 bridgehead atoms. The van der Waals surface area contributed by atoms with Crippen LogP contribution in [-0.4, -0.2) is 13.1 Å². The maximum atomic E-state index is 6.62. The summed E-state index contributed by atoms with van der Waals surface area (Å²) in [6.45, 7) is 6.92. The highest BCUT2D eigenvalue weighted by molar-refractivity contribution is 6.32. The molecular formula is C16H22ClN. The van der Waals surface area contributed by atoms with Crippen molar-refractivity contribution in [2.45, 2.75) is 45.4 Å². The van der Waals surface area contributed by atoms with Crippen molar-refractivity contribution in [1.82, 2.24) is 5.32 Å². The number of fused-ring (bicyclic) bond motifs is 3. The smallest absolute Gasteiger partial charge is 0.0472 e. The van der Waals surface area contributed by atoms with E-state index in [0.717, 1.165) is 31.0 Å². The molecular weight excluding hydrogens is 242 g/mol. The van der Waals surface area contributed by atoms with Crippen LogP contribution < -0.4 is 5.32 Å². The average molecular weight is 264 g/mol. The van der Waals surface area contributed by atoms with Gasteiger partial charge in [-0.1, -0.05) is 44.0 Å². The molecule has 1 heterocycles. The summed E-state index contributed by atoms with van der Waals surface area (Å²) in [6, 6.07) is 4.61. The molecule has 1 saturated heterocycles. The Labute approximate surface area is 115 Å². The lowest BCUT2D eigenvalue weighted by Crippen LogP contribution is -2.30. The molecule has 18 heavy (non-hydrogen) atoms. The number of rotatable bonds is 2. The molecule has 0 amide bonds. The number of hydrogen-bond acceptors (Lipinski definition) is 1. The number of aryl methyl sites for hydroxylation is 1. The van der Waals surface area contributed by atoms with Crippen LogP contribution in [0.3, 0.4) is 0 Å². The van der Waals surface area contributed by atoms with E-state index in [9.17, 15) is 0 Å². The van der Waals surface area contributed by atoms with Crippen LogP contribution in [0.5, 0.6) is 0 Å². The molecule has 1 aromatic rings. The topological polar surface area (TPSA) is 12.0 Å². The Bertz CT molecular complexity index is 468. The van der Waals surface area contributed by atoms with E-state index in [1.807, 2.05) is 0 Å². The summed E-state index contributed by atoms with van der Waals surface area (Å²) < 4.78 is 0. The standard InChI is InChI=1S/C16H22ClN/c1-3-4-11-5-6-12-13(15(11)17)7-8-16(2)10-18-9-14(12)16/h5-6,14,18H,3-4,7-10H2,1-2H3/t14-,16+/m1/s1. The van der Waals surface area contributed by atoms with Gasteiger partial charge in [0.25, 0.3) is 0 Å². The first kappa shape index (κ1) is 12.5. The first-order chi connectivity index (χ1) is 8.65. The maximum absolute atomic E-state index is 6.62. The SMILES string of the molecule is CCCc1ccc2c(c1Cl)CC[C@@]1(C)CNC[C@H]21. The molecule has 1 aliphatic carbocycles. The second-order valence-electron chi connectivity index (χ2n) is 6.19. The zero-order chi connectivity index (χ0) is 12.8. The van der Waals surface area contributed by atoms with Gasteiger partial charge in [0.2, 0.25) is 0 Å². The van der Waals surface area contributed by atoms with Crippen LogP contribution in [-0.2, 0) is 12.8 Å². The van der Waals surface area contributed by atoms with Crippen molar-refractivity contribution >= 4 is 11.6 Å². The van der Waals surface area contributed by atoms with Gasteiger partial charge in [-0.3, -0.25) is 0 Å². The van der Waals surface area contributed by atoms with Crippen molar-refractivity contribution < 1.29 is 0 Å². The van der Waals surface area contributed by atoms with Crippen molar-refractivity contribution in [3.05, 3.63) is 33.8 Å². The Morgan fingerprint density at radius 3 is 3.06 bits per heavy atom. The predicted octanol–water partition coefficient (Wildman–Crippen LogP) is 3.93. The number of nitrogens with one attached hydrogen (secondary N) is 1. The molecule has 0 saturated carbocycles. The minimum atomic E-state index is 0.447. The fourth-order valence-corrected chi connectivity index (χ4v) is 4.12. The van der Waals surface area contributed by atoms with Gasteiger partial charge in [-0.05, 0) is 41.4 Å². The van der Waals surface area contributed by atoms with Crippen LogP contribution in [0.4, 0.5) is 0 Å². The van der Waals surface area contributed by atoms with Gasteiger partial charge in [0.05, 0.1) is 0 Å². The molecule has 0 aromatic heterocycles. The molecule has 1 aromatic carbocycles. The Morgan fingerprint density at radius 1 is 1.44 bits per heavy atom. The first-order valence-electron chi connectivity index (χ1n) is 7.16. The van der Waals surface area contributed by atoms with Crippen molar-refractivity contribution in [3.63, 3.8) is 0 Å². The van der Waals surface area contributed by atoms with Crippen LogP contribution in [0.2, 0.25) is 5.02 Å². The predicted molar refractivity (Wildman–Crippen MR) is 77.5 cm³/mol. The van der Waals surface area contributed by atoms with Gasteiger partial charge in [0.1, 0.15) is 0 Å². The summed E-state index contributed by atoms with van der Waals surface area (Å²) in [5.74, 6) is 0.662. The summed E-state index contributed by atoms with van der Waals surface area (Å²) in [5.41, 5.74) is 4.74. The van der Waals surface area contributed by atoms with Crippen LogP contribution in [0.15, 0.2) is 12.1 Å². The lowest BCUT2D eigenvalue weighted by Gasteiger charge is -2.37. The van der Waals surface area contributed by atoms with Gasteiger partial charge in [0, 0.05) is 24.0 Å². The van der Waals surface area contributed by atoms with Gasteiger partial charge in [-0.25, -0.2) is 0 Å². The summed E-state index contributed by atoms with van der Waals surface area (Å²) in [6.07, 6.45) is 4.70. The second-order valence-corrected chi connectivity index (χ2v) is 6.57. The third kappa shape index (κ3) is 1.80. The lowest BCUT2D eigenvalue weighted by atomic mass is 9.67. The van der Waals surface area contributed by atoms with Crippen molar-refractivity contribution in [1.29, 1.82) is 0 Å². The normalized spacial score (nSPS) is 30.1. The monoisotopic (exact) mass is 263 g/mol. The van der Waals surface area contributed by atoms with E-state index in [4.69, 9.17) is 11.6 Å². The lowest BCUT2D eigenvalue weighted by molar-refractivity contribution is 0.277. The van der Waals surface area contributed by atoms with Gasteiger partial charge in [0.15, 0.2) is 0 Å². The summed E-state index contributed by atoms with van der Waals surface area (Å²) in [7, 11) is 0. The number of halogens is 1. The van der Waals surface area contributed by atoms with E-state index >= 15 is 0 Å². The molecule has 1 aliphatic heterocycles. The molecule has 2 aliphatic rings. The molecule has 2 atom stereocenters. The van der Waals surface area contributed by atoms with Gasteiger partial charge >= 0.3 is 0 Å². The molecule has 0 spiro atoms. The number of benzene rings is 1.